The van der Waals surface area contributed by atoms with Gasteiger partial charge in [-0.2, -0.15) is 0 Å². The molecule has 0 atom stereocenters. The molecule has 2 fully saturated rings. The number of halogens is 1. The Hall–Kier alpha value is -3.95. The van der Waals surface area contributed by atoms with Gasteiger partial charge in [0.1, 0.15) is 17.1 Å². The number of likely N-dealkylation sites (N-methyl/N-ethyl adjacent to an activating group) is 1. The van der Waals surface area contributed by atoms with Crippen LogP contribution in [0.1, 0.15) is 10.4 Å². The number of carbonyl (C=O) groups is 1. The molecular weight excluding hydrogens is 497 g/mol. The van der Waals surface area contributed by atoms with Gasteiger partial charge in [0, 0.05) is 73.7 Å². The molecule has 0 spiro atoms. The smallest absolute Gasteiger partial charge is 0.254 e. The molecule has 0 radical (unpaired) electrons. The number of nitrogens with zero attached hydrogens (tertiary/aromatic N) is 4. The van der Waals surface area contributed by atoms with Crippen molar-refractivity contribution in [3.63, 3.8) is 0 Å². The third-order valence-electron chi connectivity index (χ3n) is 7.67. The number of hydrogen-bond donors (Lipinski definition) is 1. The molecule has 4 heterocycles. The van der Waals surface area contributed by atoms with Gasteiger partial charge in [0.2, 0.25) is 0 Å². The lowest BCUT2D eigenvalue weighted by molar-refractivity contribution is 0.0303. The fourth-order valence-electron chi connectivity index (χ4n) is 5.37. The van der Waals surface area contributed by atoms with Crippen molar-refractivity contribution >= 4 is 22.6 Å². The third-order valence-corrected chi connectivity index (χ3v) is 7.67. The average Bonchev–Trinajstić information content (AvgIpc) is 3.41. The number of morpholine rings is 1. The highest BCUT2D eigenvalue weighted by molar-refractivity contribution is 5.98. The quantitative estimate of drug-likeness (QED) is 0.416. The molecule has 2 aromatic carbocycles. The third kappa shape index (κ3) is 4.95. The van der Waals surface area contributed by atoms with Crippen molar-refractivity contribution in [1.82, 2.24) is 19.8 Å². The highest BCUT2D eigenvalue weighted by Crippen LogP contribution is 2.38. The van der Waals surface area contributed by atoms with Crippen LogP contribution in [0.3, 0.4) is 0 Å². The van der Waals surface area contributed by atoms with Crippen LogP contribution >= 0.6 is 0 Å². The van der Waals surface area contributed by atoms with Crippen molar-refractivity contribution in [1.29, 1.82) is 0 Å². The molecule has 0 aliphatic carbocycles. The number of H-pyrrole nitrogens is 1. The molecule has 9 heteroatoms. The number of piperazine rings is 1. The molecule has 1 N–H and O–H groups in total. The summed E-state index contributed by atoms with van der Waals surface area (Å²) in [7, 11) is 3.66. The number of rotatable bonds is 5. The summed E-state index contributed by atoms with van der Waals surface area (Å²) < 4.78 is 26.5. The second kappa shape index (κ2) is 10.7. The maximum absolute atomic E-state index is 15.5. The SMILES string of the molecule is COc1cc(-c2cnc3[nH]cc(-c4ccc(C(=O)N5CCOCC5)cc4)c3c2)cc(F)c1N1CCN(C)CC1. The first kappa shape index (κ1) is 25.3. The Bertz CT molecular complexity index is 1490. The number of fused-ring (bicyclic) bond motifs is 1. The number of carbonyl (C=O) groups excluding carboxylic acids is 1. The Morgan fingerprint density at radius 2 is 1.72 bits per heavy atom. The Kier molecular flexibility index (Phi) is 6.93. The summed E-state index contributed by atoms with van der Waals surface area (Å²) >= 11 is 0. The molecule has 2 aliphatic heterocycles. The van der Waals surface area contributed by atoms with Crippen LogP contribution in [0, 0.1) is 5.82 Å². The molecule has 8 nitrogen and oxygen atoms in total. The minimum Gasteiger partial charge on any atom is -0.494 e. The maximum atomic E-state index is 15.5. The average molecular weight is 530 g/mol. The molecule has 0 bridgehead atoms. The van der Waals surface area contributed by atoms with E-state index in [1.165, 1.54) is 0 Å². The number of aromatic nitrogens is 2. The predicted molar refractivity (Wildman–Crippen MR) is 150 cm³/mol. The monoisotopic (exact) mass is 529 g/mol. The van der Waals surface area contributed by atoms with E-state index >= 15 is 4.39 Å². The lowest BCUT2D eigenvalue weighted by Gasteiger charge is -2.35. The summed E-state index contributed by atoms with van der Waals surface area (Å²) in [6.07, 6.45) is 3.66. The number of ether oxygens (including phenoxy) is 2. The fourth-order valence-corrected chi connectivity index (χ4v) is 5.37. The number of benzene rings is 2. The topological polar surface area (TPSA) is 73.9 Å². The number of nitrogens with one attached hydrogen (secondary N) is 1. The minimum absolute atomic E-state index is 0.0173. The molecule has 1 amide bonds. The number of anilines is 1. The largest absolute Gasteiger partial charge is 0.494 e. The second-order valence-electron chi connectivity index (χ2n) is 10.1. The van der Waals surface area contributed by atoms with Crippen LogP contribution in [0.25, 0.3) is 33.3 Å². The first-order valence-electron chi connectivity index (χ1n) is 13.3. The molecule has 0 saturated carbocycles. The van der Waals surface area contributed by atoms with Crippen LogP contribution in [0.2, 0.25) is 0 Å². The lowest BCUT2D eigenvalue weighted by Crippen LogP contribution is -2.45. The number of pyridine rings is 1. The number of amides is 1. The molecule has 4 aromatic rings. The number of aromatic amines is 1. The predicted octanol–water partition coefficient (Wildman–Crippen LogP) is 4.27. The lowest BCUT2D eigenvalue weighted by atomic mass is 10.0. The van der Waals surface area contributed by atoms with E-state index in [2.05, 4.69) is 26.8 Å². The highest BCUT2D eigenvalue weighted by Gasteiger charge is 2.23. The van der Waals surface area contributed by atoms with E-state index in [0.717, 1.165) is 53.9 Å². The van der Waals surface area contributed by atoms with Gasteiger partial charge in [-0.05, 0) is 48.5 Å². The molecule has 2 aliphatic rings. The van der Waals surface area contributed by atoms with E-state index in [0.29, 0.717) is 48.9 Å². The molecule has 202 valence electrons. The normalized spacial score (nSPS) is 16.6. The van der Waals surface area contributed by atoms with Crippen LogP contribution in [0.15, 0.2) is 54.9 Å². The maximum Gasteiger partial charge on any atom is 0.254 e. The molecule has 6 rings (SSSR count). The van der Waals surface area contributed by atoms with E-state index in [9.17, 15) is 4.79 Å². The van der Waals surface area contributed by atoms with Gasteiger partial charge < -0.3 is 29.2 Å². The first-order valence-corrected chi connectivity index (χ1v) is 13.3. The van der Waals surface area contributed by atoms with Crippen LogP contribution in [-0.4, -0.2) is 92.3 Å². The van der Waals surface area contributed by atoms with E-state index < -0.39 is 0 Å². The Morgan fingerprint density at radius 1 is 0.974 bits per heavy atom. The van der Waals surface area contributed by atoms with Crippen molar-refractivity contribution in [2.75, 3.05) is 71.5 Å². The van der Waals surface area contributed by atoms with Crippen molar-refractivity contribution in [2.45, 2.75) is 0 Å². The van der Waals surface area contributed by atoms with Crippen LogP contribution in [0.4, 0.5) is 10.1 Å². The summed E-state index contributed by atoms with van der Waals surface area (Å²) in [5, 5.41) is 0.919. The van der Waals surface area contributed by atoms with Gasteiger partial charge in [-0.25, -0.2) is 9.37 Å². The van der Waals surface area contributed by atoms with Crippen molar-refractivity contribution in [3.8, 4) is 28.0 Å². The van der Waals surface area contributed by atoms with Crippen LogP contribution in [-0.2, 0) is 4.74 Å². The Morgan fingerprint density at radius 3 is 2.44 bits per heavy atom. The minimum atomic E-state index is -0.302. The van der Waals surface area contributed by atoms with E-state index in [1.807, 2.05) is 47.5 Å². The number of hydrogen-bond acceptors (Lipinski definition) is 6. The zero-order chi connectivity index (χ0) is 26.9. The Labute approximate surface area is 226 Å². The molecular formula is C30H32FN5O3. The zero-order valence-corrected chi connectivity index (χ0v) is 22.2. The zero-order valence-electron chi connectivity index (χ0n) is 22.2. The summed E-state index contributed by atoms with van der Waals surface area (Å²) in [6.45, 7) is 5.62. The molecule has 39 heavy (non-hydrogen) atoms. The summed E-state index contributed by atoms with van der Waals surface area (Å²) in [6, 6.07) is 13.1. The summed E-state index contributed by atoms with van der Waals surface area (Å²) in [5.41, 5.74) is 5.34. The molecule has 2 aromatic heterocycles. The van der Waals surface area contributed by atoms with Crippen molar-refractivity contribution in [2.24, 2.45) is 0 Å². The van der Waals surface area contributed by atoms with E-state index in [-0.39, 0.29) is 11.7 Å². The highest BCUT2D eigenvalue weighted by atomic mass is 19.1. The standard InChI is InChI=1S/C30H32FN5O3/c1-34-7-9-35(10-8-34)28-26(31)16-22(17-27(28)38-2)23-15-24-25(19-33-29(24)32-18-23)20-3-5-21(6-4-20)30(37)36-11-13-39-14-12-36/h3-6,15-19H,7-14H2,1-2H3,(H,32,33). The second-order valence-corrected chi connectivity index (χ2v) is 10.1. The van der Waals surface area contributed by atoms with Crippen LogP contribution in [0.5, 0.6) is 5.75 Å². The van der Waals surface area contributed by atoms with Gasteiger partial charge in [0.05, 0.1) is 20.3 Å². The van der Waals surface area contributed by atoms with Gasteiger partial charge in [-0.3, -0.25) is 4.79 Å². The van der Waals surface area contributed by atoms with E-state index in [1.54, 1.807) is 19.4 Å². The fraction of sp³-hybridized carbons (Fsp3) is 0.333. The van der Waals surface area contributed by atoms with Crippen LogP contribution < -0.4 is 9.64 Å². The summed E-state index contributed by atoms with van der Waals surface area (Å²) in [4.78, 5) is 26.8. The molecule has 2 saturated heterocycles. The summed E-state index contributed by atoms with van der Waals surface area (Å²) in [5.74, 6) is 0.233. The van der Waals surface area contributed by atoms with Crippen molar-refractivity contribution < 1.29 is 18.7 Å². The van der Waals surface area contributed by atoms with Gasteiger partial charge >= 0.3 is 0 Å². The van der Waals surface area contributed by atoms with Gasteiger partial charge in [0.25, 0.3) is 5.91 Å². The van der Waals surface area contributed by atoms with Gasteiger partial charge in [0.15, 0.2) is 5.82 Å². The first-order chi connectivity index (χ1) is 19.0. The van der Waals surface area contributed by atoms with Crippen molar-refractivity contribution in [3.05, 3.63) is 66.2 Å². The van der Waals surface area contributed by atoms with Gasteiger partial charge in [-0.15, -0.1) is 0 Å². The number of methoxy groups -OCH3 is 1. The van der Waals surface area contributed by atoms with Gasteiger partial charge in [-0.1, -0.05) is 12.1 Å². The molecule has 0 unspecified atom stereocenters. The Balaban J connectivity index is 1.30. The van der Waals surface area contributed by atoms with E-state index in [4.69, 9.17) is 9.47 Å².